The molecule has 1 aliphatic rings. The number of hydrogen-bond donors (Lipinski definition) is 1. The van der Waals surface area contributed by atoms with Gasteiger partial charge in [0.05, 0.1) is 5.69 Å². The Kier molecular flexibility index (Phi) is 2.31. The molecule has 0 spiro atoms. The van der Waals surface area contributed by atoms with Gasteiger partial charge in [0, 0.05) is 24.2 Å². The lowest BCUT2D eigenvalue weighted by atomic mass is 9.93. The third-order valence-corrected chi connectivity index (χ3v) is 3.46. The van der Waals surface area contributed by atoms with Crippen molar-refractivity contribution in [1.29, 1.82) is 0 Å². The number of aryl methyl sites for hydroxylation is 2. The molecule has 0 radical (unpaired) electrons. The van der Waals surface area contributed by atoms with E-state index in [1.54, 1.807) is 18.5 Å². The topological polar surface area (TPSA) is 55.1 Å². The van der Waals surface area contributed by atoms with Crippen molar-refractivity contribution in [3.05, 3.63) is 17.0 Å². The van der Waals surface area contributed by atoms with E-state index >= 15 is 0 Å². The Hall–Kier alpha value is -1.46. The summed E-state index contributed by atoms with van der Waals surface area (Å²) in [5.74, 6) is -4.64. The van der Waals surface area contributed by atoms with E-state index in [4.69, 9.17) is 5.11 Å². The highest BCUT2D eigenvalue weighted by Crippen LogP contribution is 2.62. The lowest BCUT2D eigenvalue weighted by Gasteiger charge is -2.12. The predicted octanol–water partition coefficient (Wildman–Crippen LogP) is 1.88. The molecule has 17 heavy (non-hydrogen) atoms. The van der Waals surface area contributed by atoms with E-state index in [0.29, 0.717) is 17.9 Å². The second-order valence-electron chi connectivity index (χ2n) is 4.45. The van der Waals surface area contributed by atoms with Crippen LogP contribution in [-0.2, 0) is 16.8 Å². The monoisotopic (exact) mass is 244 g/mol. The number of alkyl halides is 2. The number of hydrogen-bond acceptors (Lipinski definition) is 2. The molecule has 0 aromatic carbocycles. The van der Waals surface area contributed by atoms with Gasteiger partial charge in [-0.05, 0) is 20.8 Å². The maximum atomic E-state index is 13.4. The van der Waals surface area contributed by atoms with E-state index in [9.17, 15) is 13.6 Å². The summed E-state index contributed by atoms with van der Waals surface area (Å²) in [5, 5.41) is 13.2. The van der Waals surface area contributed by atoms with Gasteiger partial charge in [-0.25, -0.2) is 8.78 Å². The predicted molar refractivity (Wildman–Crippen MR) is 56.3 cm³/mol. The molecule has 0 amide bonds. The summed E-state index contributed by atoms with van der Waals surface area (Å²) < 4.78 is 28.4. The van der Waals surface area contributed by atoms with Gasteiger partial charge in [-0.2, -0.15) is 5.10 Å². The number of carbonyl (C=O) groups is 1. The average molecular weight is 244 g/mol. The summed E-state index contributed by atoms with van der Waals surface area (Å²) in [7, 11) is 0. The molecule has 1 aromatic rings. The van der Waals surface area contributed by atoms with Gasteiger partial charge in [-0.3, -0.25) is 9.48 Å². The van der Waals surface area contributed by atoms with Gasteiger partial charge in [0.25, 0.3) is 5.92 Å². The van der Waals surface area contributed by atoms with Crippen LogP contribution in [0.25, 0.3) is 0 Å². The normalized spacial score (nSPS) is 25.9. The first kappa shape index (κ1) is 12.0. The Morgan fingerprint density at radius 1 is 1.53 bits per heavy atom. The Morgan fingerprint density at radius 2 is 2.06 bits per heavy atom. The molecule has 2 rings (SSSR count). The van der Waals surface area contributed by atoms with Crippen LogP contribution in [0, 0.1) is 13.8 Å². The molecule has 1 N–H and O–H groups in total. The average Bonchev–Trinajstić information content (AvgIpc) is 2.66. The van der Waals surface area contributed by atoms with Crippen molar-refractivity contribution in [2.45, 2.75) is 45.1 Å². The summed E-state index contributed by atoms with van der Waals surface area (Å²) >= 11 is 0. The van der Waals surface area contributed by atoms with E-state index in [0.717, 1.165) is 0 Å². The zero-order valence-corrected chi connectivity index (χ0v) is 9.92. The van der Waals surface area contributed by atoms with Crippen LogP contribution < -0.4 is 0 Å². The molecule has 0 aliphatic heterocycles. The largest absolute Gasteiger partial charge is 0.480 e. The standard InChI is InChI=1S/C11H14F2N2O2/c1-4-15-7(3)8(6(2)14-15)10(9(16)17)5-11(10,12)13/h4-5H2,1-3H3,(H,16,17). The van der Waals surface area contributed by atoms with E-state index < -0.39 is 23.7 Å². The fourth-order valence-electron chi connectivity index (χ4n) is 2.52. The third kappa shape index (κ3) is 1.33. The van der Waals surface area contributed by atoms with Gasteiger partial charge >= 0.3 is 5.97 Å². The summed E-state index contributed by atoms with van der Waals surface area (Å²) in [5.41, 5.74) is -0.987. The summed E-state index contributed by atoms with van der Waals surface area (Å²) in [6.07, 6.45) is -0.633. The van der Waals surface area contributed by atoms with Gasteiger partial charge in [-0.15, -0.1) is 0 Å². The Bertz CT molecular complexity index is 496. The molecule has 1 unspecified atom stereocenters. The van der Waals surface area contributed by atoms with Crippen LogP contribution in [0.4, 0.5) is 8.78 Å². The molecule has 6 heteroatoms. The second-order valence-corrected chi connectivity index (χ2v) is 4.45. The minimum Gasteiger partial charge on any atom is -0.480 e. The second kappa shape index (κ2) is 3.27. The highest BCUT2D eigenvalue weighted by Gasteiger charge is 2.78. The highest BCUT2D eigenvalue weighted by molar-refractivity contribution is 5.88. The van der Waals surface area contributed by atoms with E-state index in [2.05, 4.69) is 5.10 Å². The summed E-state index contributed by atoms with van der Waals surface area (Å²) in [6, 6.07) is 0. The molecule has 1 saturated carbocycles. The lowest BCUT2D eigenvalue weighted by molar-refractivity contribution is -0.143. The Morgan fingerprint density at radius 3 is 2.35 bits per heavy atom. The Balaban J connectivity index is 2.62. The third-order valence-electron chi connectivity index (χ3n) is 3.46. The van der Waals surface area contributed by atoms with Crippen LogP contribution in [-0.4, -0.2) is 26.8 Å². The van der Waals surface area contributed by atoms with Crippen LogP contribution in [0.5, 0.6) is 0 Å². The van der Waals surface area contributed by atoms with Crippen LogP contribution in [0.2, 0.25) is 0 Å². The van der Waals surface area contributed by atoms with E-state index in [1.165, 1.54) is 0 Å². The summed E-state index contributed by atoms with van der Waals surface area (Å²) in [4.78, 5) is 11.2. The molecule has 1 aliphatic carbocycles. The molecule has 0 saturated heterocycles. The van der Waals surface area contributed by atoms with Crippen molar-refractivity contribution in [2.75, 3.05) is 0 Å². The first-order chi connectivity index (χ1) is 7.78. The molecular weight excluding hydrogens is 230 g/mol. The molecule has 4 nitrogen and oxygen atoms in total. The number of halogens is 2. The zero-order valence-electron chi connectivity index (χ0n) is 9.92. The number of carboxylic acid groups (broad SMARTS) is 1. The molecular formula is C11H14F2N2O2. The molecule has 1 fully saturated rings. The number of rotatable bonds is 3. The van der Waals surface area contributed by atoms with Crippen molar-refractivity contribution < 1.29 is 18.7 Å². The van der Waals surface area contributed by atoms with Crippen LogP contribution in [0.3, 0.4) is 0 Å². The molecule has 1 heterocycles. The SMILES string of the molecule is CCn1nc(C)c(C2(C(=O)O)CC2(F)F)c1C. The van der Waals surface area contributed by atoms with Gasteiger partial charge in [0.2, 0.25) is 0 Å². The van der Waals surface area contributed by atoms with Gasteiger partial charge < -0.3 is 5.11 Å². The van der Waals surface area contributed by atoms with Crippen LogP contribution in [0.15, 0.2) is 0 Å². The van der Waals surface area contributed by atoms with Crippen molar-refractivity contribution in [3.63, 3.8) is 0 Å². The number of aliphatic carboxylic acids is 1. The van der Waals surface area contributed by atoms with Gasteiger partial charge in [-0.1, -0.05) is 0 Å². The quantitative estimate of drug-likeness (QED) is 0.883. The molecule has 1 atom stereocenters. The zero-order chi connectivity index (χ0) is 13.0. The first-order valence-electron chi connectivity index (χ1n) is 5.43. The van der Waals surface area contributed by atoms with Crippen LogP contribution >= 0.6 is 0 Å². The van der Waals surface area contributed by atoms with Crippen molar-refractivity contribution in [2.24, 2.45) is 0 Å². The number of aromatic nitrogens is 2. The smallest absolute Gasteiger partial charge is 0.320 e. The number of nitrogens with zero attached hydrogens (tertiary/aromatic N) is 2. The first-order valence-corrected chi connectivity index (χ1v) is 5.43. The van der Waals surface area contributed by atoms with E-state index in [1.807, 2.05) is 6.92 Å². The Labute approximate surface area is 97.2 Å². The van der Waals surface area contributed by atoms with Crippen LogP contribution in [0.1, 0.15) is 30.3 Å². The molecule has 0 bridgehead atoms. The number of carboxylic acids is 1. The van der Waals surface area contributed by atoms with E-state index in [-0.39, 0.29) is 5.56 Å². The van der Waals surface area contributed by atoms with Gasteiger partial charge in [0.15, 0.2) is 5.41 Å². The van der Waals surface area contributed by atoms with Crippen molar-refractivity contribution in [1.82, 2.24) is 9.78 Å². The minimum absolute atomic E-state index is 0.178. The summed E-state index contributed by atoms with van der Waals surface area (Å²) in [6.45, 7) is 5.58. The molecule has 1 aromatic heterocycles. The lowest BCUT2D eigenvalue weighted by Crippen LogP contribution is -2.28. The highest BCUT2D eigenvalue weighted by atomic mass is 19.3. The minimum atomic E-state index is -3.17. The van der Waals surface area contributed by atoms with Crippen molar-refractivity contribution >= 4 is 5.97 Å². The fraction of sp³-hybridized carbons (Fsp3) is 0.636. The van der Waals surface area contributed by atoms with Gasteiger partial charge in [0.1, 0.15) is 0 Å². The maximum Gasteiger partial charge on any atom is 0.320 e. The maximum absolute atomic E-state index is 13.4. The fourth-order valence-corrected chi connectivity index (χ4v) is 2.52. The molecule has 94 valence electrons. The van der Waals surface area contributed by atoms with Crippen molar-refractivity contribution in [3.8, 4) is 0 Å².